The topological polar surface area (TPSA) is 50.4 Å². The first-order valence-corrected chi connectivity index (χ1v) is 9.81. The van der Waals surface area contributed by atoms with Gasteiger partial charge >= 0.3 is 0 Å². The van der Waals surface area contributed by atoms with E-state index in [0.29, 0.717) is 12.6 Å². The maximum atomic E-state index is 10.5. The van der Waals surface area contributed by atoms with Gasteiger partial charge in [0, 0.05) is 23.5 Å². The summed E-state index contributed by atoms with van der Waals surface area (Å²) < 4.78 is 8.68. The van der Waals surface area contributed by atoms with Crippen molar-refractivity contribution in [3.8, 4) is 5.75 Å². The number of aldehydes is 1. The van der Waals surface area contributed by atoms with Gasteiger partial charge in [-0.05, 0) is 69.5 Å². The molecule has 0 saturated heterocycles. The number of rotatable bonds is 8. The van der Waals surface area contributed by atoms with Crippen LogP contribution >= 0.6 is 11.9 Å². The molecule has 0 bridgehead atoms. The highest BCUT2D eigenvalue weighted by atomic mass is 32.2. The highest BCUT2D eigenvalue weighted by molar-refractivity contribution is 7.97. The molecule has 0 aliphatic rings. The molecule has 0 aliphatic carbocycles. The standard InChI is InChI=1S/C12H17NO.C10H13NOS/c1-5-14-12-7-6-10(9(2)3)8-11(12)13-4;1-8(2)11-13-10-5-3-4-9(6-10)7-12/h6-8,13H,2,5H2,1,3-4H3;3-8,11H,1-2H3. The number of carbonyl (C=O) groups is 1. The quantitative estimate of drug-likeness (QED) is 0.452. The third kappa shape index (κ3) is 8.33. The molecule has 0 heterocycles. The van der Waals surface area contributed by atoms with Gasteiger partial charge in [0.05, 0.1) is 12.3 Å². The molecule has 27 heavy (non-hydrogen) atoms. The normalized spacial score (nSPS) is 10.0. The van der Waals surface area contributed by atoms with Crippen molar-refractivity contribution in [2.75, 3.05) is 19.0 Å². The Morgan fingerprint density at radius 3 is 2.56 bits per heavy atom. The second-order valence-electron chi connectivity index (χ2n) is 6.24. The lowest BCUT2D eigenvalue weighted by Crippen LogP contribution is -2.13. The molecule has 0 atom stereocenters. The number of ether oxygens (including phenoxy) is 1. The second-order valence-corrected chi connectivity index (χ2v) is 7.15. The molecule has 0 amide bonds. The summed E-state index contributed by atoms with van der Waals surface area (Å²) in [5, 5.41) is 3.11. The zero-order valence-corrected chi connectivity index (χ0v) is 17.7. The minimum Gasteiger partial charge on any atom is -0.492 e. The molecule has 5 heteroatoms. The van der Waals surface area contributed by atoms with Crippen molar-refractivity contribution >= 4 is 29.5 Å². The molecular weight excluding hydrogens is 356 g/mol. The van der Waals surface area contributed by atoms with Crippen LogP contribution < -0.4 is 14.8 Å². The lowest BCUT2D eigenvalue weighted by molar-refractivity contribution is 0.112. The minimum absolute atomic E-state index is 0.435. The monoisotopic (exact) mass is 386 g/mol. The van der Waals surface area contributed by atoms with E-state index in [0.717, 1.165) is 39.3 Å². The van der Waals surface area contributed by atoms with Crippen LogP contribution in [0.1, 0.15) is 43.6 Å². The number of allylic oxidation sites excluding steroid dienone is 1. The van der Waals surface area contributed by atoms with Crippen molar-refractivity contribution in [3.63, 3.8) is 0 Å². The van der Waals surface area contributed by atoms with Gasteiger partial charge in [-0.15, -0.1) is 0 Å². The van der Waals surface area contributed by atoms with E-state index in [4.69, 9.17) is 4.74 Å². The average molecular weight is 387 g/mol. The van der Waals surface area contributed by atoms with Crippen molar-refractivity contribution in [2.24, 2.45) is 0 Å². The second kappa shape index (κ2) is 12.2. The van der Waals surface area contributed by atoms with Crippen LogP contribution in [0.4, 0.5) is 5.69 Å². The van der Waals surface area contributed by atoms with Gasteiger partial charge < -0.3 is 10.1 Å². The predicted molar refractivity (Wildman–Crippen MR) is 118 cm³/mol. The van der Waals surface area contributed by atoms with Crippen LogP contribution in [0, 0.1) is 0 Å². The minimum atomic E-state index is 0.435. The molecule has 0 saturated carbocycles. The highest BCUT2D eigenvalue weighted by Crippen LogP contribution is 2.27. The van der Waals surface area contributed by atoms with E-state index in [1.54, 1.807) is 18.0 Å². The van der Waals surface area contributed by atoms with Gasteiger partial charge in [0.2, 0.25) is 0 Å². The third-order valence-corrected chi connectivity index (χ3v) is 4.53. The van der Waals surface area contributed by atoms with E-state index in [9.17, 15) is 4.79 Å². The zero-order chi connectivity index (χ0) is 20.2. The summed E-state index contributed by atoms with van der Waals surface area (Å²) in [5.74, 6) is 0.889. The van der Waals surface area contributed by atoms with Gasteiger partial charge in [0.25, 0.3) is 0 Å². The summed E-state index contributed by atoms with van der Waals surface area (Å²) in [6.07, 6.45) is 0.861. The van der Waals surface area contributed by atoms with Crippen molar-refractivity contribution in [2.45, 2.75) is 38.6 Å². The fourth-order valence-electron chi connectivity index (χ4n) is 2.11. The van der Waals surface area contributed by atoms with Crippen LogP contribution in [-0.4, -0.2) is 26.0 Å². The number of benzene rings is 2. The first-order valence-electron chi connectivity index (χ1n) is 8.99. The van der Waals surface area contributed by atoms with Crippen molar-refractivity contribution in [1.29, 1.82) is 0 Å². The number of hydrogen-bond acceptors (Lipinski definition) is 5. The van der Waals surface area contributed by atoms with E-state index >= 15 is 0 Å². The molecule has 0 unspecified atom stereocenters. The van der Waals surface area contributed by atoms with E-state index < -0.39 is 0 Å². The smallest absolute Gasteiger partial charge is 0.150 e. The lowest BCUT2D eigenvalue weighted by Gasteiger charge is -2.11. The van der Waals surface area contributed by atoms with E-state index in [1.165, 1.54) is 0 Å². The van der Waals surface area contributed by atoms with Gasteiger partial charge in [-0.1, -0.05) is 30.4 Å². The average Bonchev–Trinajstić information content (AvgIpc) is 2.67. The fourth-order valence-corrected chi connectivity index (χ4v) is 2.82. The Labute approximate surface area is 167 Å². The lowest BCUT2D eigenvalue weighted by atomic mass is 10.1. The molecule has 146 valence electrons. The summed E-state index contributed by atoms with van der Waals surface area (Å²) in [4.78, 5) is 11.5. The molecule has 0 spiro atoms. The first kappa shape index (κ1) is 22.8. The SMILES string of the molecule is C=C(C)c1ccc(OCC)c(NC)c1.CC(C)NSc1cccc(C=O)c1. The van der Waals surface area contributed by atoms with Gasteiger partial charge in [-0.3, -0.25) is 9.52 Å². The Morgan fingerprint density at radius 1 is 1.26 bits per heavy atom. The highest BCUT2D eigenvalue weighted by Gasteiger charge is 2.03. The maximum absolute atomic E-state index is 10.5. The van der Waals surface area contributed by atoms with Crippen LogP contribution in [0.3, 0.4) is 0 Å². The Balaban J connectivity index is 0.000000271. The summed E-state index contributed by atoms with van der Waals surface area (Å²) in [6, 6.07) is 14.0. The first-order chi connectivity index (χ1) is 12.9. The Morgan fingerprint density at radius 2 is 2.00 bits per heavy atom. The van der Waals surface area contributed by atoms with Crippen molar-refractivity contribution in [1.82, 2.24) is 4.72 Å². The summed E-state index contributed by atoms with van der Waals surface area (Å²) >= 11 is 1.55. The molecule has 0 aliphatic heterocycles. The zero-order valence-electron chi connectivity index (χ0n) is 16.8. The molecular formula is C22H30N2O2S. The Kier molecular flexibility index (Phi) is 10.3. The van der Waals surface area contributed by atoms with Crippen LogP contribution in [0.2, 0.25) is 0 Å². The van der Waals surface area contributed by atoms with Crippen LogP contribution in [0.15, 0.2) is 53.9 Å². The third-order valence-electron chi connectivity index (χ3n) is 3.45. The van der Waals surface area contributed by atoms with E-state index in [2.05, 4.69) is 30.5 Å². The summed E-state index contributed by atoms with van der Waals surface area (Å²) in [5.41, 5.74) is 3.92. The number of nitrogens with one attached hydrogen (secondary N) is 2. The molecule has 2 aromatic carbocycles. The fraction of sp³-hybridized carbons (Fsp3) is 0.318. The summed E-state index contributed by atoms with van der Waals surface area (Å²) in [7, 11) is 1.89. The molecule has 0 fully saturated rings. The van der Waals surface area contributed by atoms with Crippen LogP contribution in [0.5, 0.6) is 5.75 Å². The molecule has 2 N–H and O–H groups in total. The van der Waals surface area contributed by atoms with E-state index in [-0.39, 0.29) is 0 Å². The Hall–Kier alpha value is -2.24. The molecule has 0 aromatic heterocycles. The number of hydrogen-bond donors (Lipinski definition) is 2. The van der Waals surface area contributed by atoms with Gasteiger partial charge in [0.1, 0.15) is 12.0 Å². The maximum Gasteiger partial charge on any atom is 0.150 e. The largest absolute Gasteiger partial charge is 0.492 e. The molecule has 2 aromatic rings. The van der Waals surface area contributed by atoms with E-state index in [1.807, 2.05) is 57.3 Å². The van der Waals surface area contributed by atoms with Crippen LogP contribution in [0.25, 0.3) is 5.57 Å². The number of anilines is 1. The van der Waals surface area contributed by atoms with Crippen molar-refractivity contribution in [3.05, 3.63) is 60.2 Å². The van der Waals surface area contributed by atoms with Crippen molar-refractivity contribution < 1.29 is 9.53 Å². The van der Waals surface area contributed by atoms with Crippen LogP contribution in [-0.2, 0) is 0 Å². The van der Waals surface area contributed by atoms with Gasteiger partial charge in [-0.2, -0.15) is 0 Å². The predicted octanol–water partition coefficient (Wildman–Crippen LogP) is 5.66. The van der Waals surface area contributed by atoms with Gasteiger partial charge in [0.15, 0.2) is 0 Å². The number of carbonyl (C=O) groups excluding carboxylic acids is 1. The molecule has 2 rings (SSSR count). The Bertz CT molecular complexity index is 745. The molecule has 4 nitrogen and oxygen atoms in total. The molecule has 0 radical (unpaired) electrons. The van der Waals surface area contributed by atoms with Gasteiger partial charge in [-0.25, -0.2) is 0 Å². The summed E-state index contributed by atoms with van der Waals surface area (Å²) in [6.45, 7) is 12.7.